The summed E-state index contributed by atoms with van der Waals surface area (Å²) in [6, 6.07) is 13.3. The van der Waals surface area contributed by atoms with E-state index >= 15 is 0 Å². The maximum Gasteiger partial charge on any atom is 0.173 e. The first kappa shape index (κ1) is 14.2. The predicted molar refractivity (Wildman–Crippen MR) is 82.4 cm³/mol. The first-order valence-corrected chi connectivity index (χ1v) is 7.41. The first-order chi connectivity index (χ1) is 9.06. The van der Waals surface area contributed by atoms with Gasteiger partial charge in [0.25, 0.3) is 0 Å². The van der Waals surface area contributed by atoms with Crippen LogP contribution in [-0.2, 0) is 0 Å². The number of aryl methyl sites for hydroxylation is 2. The highest BCUT2D eigenvalue weighted by Crippen LogP contribution is 2.24. The van der Waals surface area contributed by atoms with Gasteiger partial charge in [0.2, 0.25) is 0 Å². The van der Waals surface area contributed by atoms with E-state index in [2.05, 4.69) is 32.0 Å². The smallest absolute Gasteiger partial charge is 0.173 e. The minimum atomic E-state index is 0.127. The highest BCUT2D eigenvalue weighted by atomic mass is 35.5. The van der Waals surface area contributed by atoms with Crippen molar-refractivity contribution in [3.63, 3.8) is 0 Å². The zero-order valence-corrected chi connectivity index (χ0v) is 12.5. The van der Waals surface area contributed by atoms with Crippen LogP contribution in [0.1, 0.15) is 21.5 Å². The predicted octanol–water partition coefficient (Wildman–Crippen LogP) is 4.93. The van der Waals surface area contributed by atoms with Crippen LogP contribution in [0.2, 0.25) is 5.02 Å². The molecule has 2 aromatic carbocycles. The summed E-state index contributed by atoms with van der Waals surface area (Å²) in [6.45, 7) is 4.14. The van der Waals surface area contributed by atoms with E-state index in [1.807, 2.05) is 0 Å². The Hall–Kier alpha value is -1.25. The lowest BCUT2D eigenvalue weighted by molar-refractivity contribution is 0.102. The van der Waals surface area contributed by atoms with E-state index in [0.29, 0.717) is 16.3 Å². The summed E-state index contributed by atoms with van der Waals surface area (Å²) >= 11 is 7.39. The Morgan fingerprint density at radius 2 is 1.79 bits per heavy atom. The van der Waals surface area contributed by atoms with Gasteiger partial charge in [-0.15, -0.1) is 11.8 Å². The summed E-state index contributed by atoms with van der Waals surface area (Å²) in [5.74, 6) is 0.576. The van der Waals surface area contributed by atoms with Gasteiger partial charge < -0.3 is 0 Å². The molecule has 2 aromatic rings. The summed E-state index contributed by atoms with van der Waals surface area (Å²) in [6.07, 6.45) is 0. The van der Waals surface area contributed by atoms with Crippen molar-refractivity contribution in [3.8, 4) is 0 Å². The summed E-state index contributed by atoms with van der Waals surface area (Å²) in [7, 11) is 0. The van der Waals surface area contributed by atoms with E-state index in [1.165, 1.54) is 11.1 Å². The van der Waals surface area contributed by atoms with Crippen molar-refractivity contribution in [3.05, 3.63) is 64.2 Å². The highest BCUT2D eigenvalue weighted by molar-refractivity contribution is 8.00. The van der Waals surface area contributed by atoms with Crippen LogP contribution < -0.4 is 0 Å². The number of ketones is 1. The van der Waals surface area contributed by atoms with Gasteiger partial charge in [0.1, 0.15) is 0 Å². The number of hydrogen-bond donors (Lipinski definition) is 0. The molecule has 0 radical (unpaired) electrons. The average Bonchev–Trinajstić information content (AvgIpc) is 2.38. The average molecular weight is 291 g/mol. The van der Waals surface area contributed by atoms with Crippen molar-refractivity contribution in [1.29, 1.82) is 0 Å². The van der Waals surface area contributed by atoms with Gasteiger partial charge in [-0.3, -0.25) is 4.79 Å². The van der Waals surface area contributed by atoms with E-state index in [-0.39, 0.29) is 5.78 Å². The molecule has 0 aromatic heterocycles. The Balaban J connectivity index is 2.02. The molecule has 0 unspecified atom stereocenters. The molecule has 0 aliphatic carbocycles. The molecule has 0 aliphatic rings. The molecule has 0 saturated carbocycles. The van der Waals surface area contributed by atoms with Crippen molar-refractivity contribution in [1.82, 2.24) is 0 Å². The Labute approximate surface area is 123 Å². The van der Waals surface area contributed by atoms with E-state index in [4.69, 9.17) is 11.6 Å². The summed E-state index contributed by atoms with van der Waals surface area (Å²) < 4.78 is 0. The zero-order chi connectivity index (χ0) is 13.8. The van der Waals surface area contributed by atoms with Crippen molar-refractivity contribution >= 4 is 29.1 Å². The van der Waals surface area contributed by atoms with E-state index in [1.54, 1.807) is 36.0 Å². The van der Waals surface area contributed by atoms with Crippen LogP contribution >= 0.6 is 23.4 Å². The van der Waals surface area contributed by atoms with E-state index < -0.39 is 0 Å². The SMILES string of the molecule is Cc1ccc(SCC(=O)c2ccc(Cl)cc2)c(C)c1. The number of hydrogen-bond acceptors (Lipinski definition) is 2. The fraction of sp³-hybridized carbons (Fsp3) is 0.188. The molecule has 0 amide bonds. The number of carbonyl (C=O) groups excluding carboxylic acids is 1. The normalized spacial score (nSPS) is 10.5. The minimum Gasteiger partial charge on any atom is -0.293 e. The van der Waals surface area contributed by atoms with Crippen LogP contribution in [0.15, 0.2) is 47.4 Å². The van der Waals surface area contributed by atoms with Crippen LogP contribution in [0.25, 0.3) is 0 Å². The maximum atomic E-state index is 12.0. The summed E-state index contributed by atoms with van der Waals surface area (Å²) in [5.41, 5.74) is 3.17. The molecule has 1 nitrogen and oxygen atoms in total. The number of rotatable bonds is 4. The number of halogens is 1. The van der Waals surface area contributed by atoms with Crippen molar-refractivity contribution < 1.29 is 4.79 Å². The second-order valence-electron chi connectivity index (χ2n) is 4.49. The molecule has 2 rings (SSSR count). The standard InChI is InChI=1S/C16H15ClOS/c1-11-3-8-16(12(2)9-11)19-10-15(18)13-4-6-14(17)7-5-13/h3-9H,10H2,1-2H3. The maximum absolute atomic E-state index is 12.0. The van der Waals surface area contributed by atoms with Crippen molar-refractivity contribution in [2.75, 3.05) is 5.75 Å². The van der Waals surface area contributed by atoms with Crippen LogP contribution in [0, 0.1) is 13.8 Å². The van der Waals surface area contributed by atoms with Gasteiger partial charge in [-0.1, -0.05) is 29.3 Å². The first-order valence-electron chi connectivity index (χ1n) is 6.05. The number of Topliss-reactive ketones (excluding diaryl/α,β-unsaturated/α-hetero) is 1. The lowest BCUT2D eigenvalue weighted by Gasteiger charge is -2.06. The molecule has 0 N–H and O–H groups in total. The molecule has 0 saturated heterocycles. The van der Waals surface area contributed by atoms with E-state index in [9.17, 15) is 4.79 Å². The largest absolute Gasteiger partial charge is 0.293 e. The summed E-state index contributed by atoms with van der Waals surface area (Å²) in [5, 5.41) is 0.651. The third-order valence-corrected chi connectivity index (χ3v) is 4.28. The number of thioether (sulfide) groups is 1. The fourth-order valence-corrected chi connectivity index (χ4v) is 2.85. The lowest BCUT2D eigenvalue weighted by Crippen LogP contribution is -2.02. The van der Waals surface area contributed by atoms with Gasteiger partial charge in [-0.05, 0) is 49.7 Å². The van der Waals surface area contributed by atoms with Crippen molar-refractivity contribution in [2.24, 2.45) is 0 Å². The Bertz CT molecular complexity index is 590. The molecule has 0 aliphatic heterocycles. The molecule has 0 heterocycles. The van der Waals surface area contributed by atoms with Gasteiger partial charge in [0, 0.05) is 15.5 Å². The second kappa shape index (κ2) is 6.27. The molecule has 98 valence electrons. The second-order valence-corrected chi connectivity index (χ2v) is 5.94. The molecular weight excluding hydrogens is 276 g/mol. The van der Waals surface area contributed by atoms with Crippen LogP contribution in [-0.4, -0.2) is 11.5 Å². The van der Waals surface area contributed by atoms with E-state index in [0.717, 1.165) is 4.90 Å². The quantitative estimate of drug-likeness (QED) is 0.586. The highest BCUT2D eigenvalue weighted by Gasteiger charge is 2.07. The fourth-order valence-electron chi connectivity index (χ4n) is 1.82. The number of benzene rings is 2. The molecule has 0 spiro atoms. The van der Waals surface area contributed by atoms with Crippen LogP contribution in [0.5, 0.6) is 0 Å². The number of carbonyl (C=O) groups is 1. The van der Waals surface area contributed by atoms with Gasteiger partial charge in [0.05, 0.1) is 5.75 Å². The molecular formula is C16H15ClOS. The van der Waals surface area contributed by atoms with Crippen molar-refractivity contribution in [2.45, 2.75) is 18.7 Å². The Kier molecular flexibility index (Phi) is 4.67. The molecule has 0 fully saturated rings. The molecule has 0 bridgehead atoms. The molecule has 3 heteroatoms. The topological polar surface area (TPSA) is 17.1 Å². The van der Waals surface area contributed by atoms with Crippen LogP contribution in [0.4, 0.5) is 0 Å². The third-order valence-electron chi connectivity index (χ3n) is 2.86. The zero-order valence-electron chi connectivity index (χ0n) is 10.9. The van der Waals surface area contributed by atoms with Gasteiger partial charge in [-0.25, -0.2) is 0 Å². The third kappa shape index (κ3) is 3.85. The van der Waals surface area contributed by atoms with Gasteiger partial charge in [-0.2, -0.15) is 0 Å². The lowest BCUT2D eigenvalue weighted by atomic mass is 10.1. The Morgan fingerprint density at radius 3 is 2.42 bits per heavy atom. The monoisotopic (exact) mass is 290 g/mol. The molecule has 19 heavy (non-hydrogen) atoms. The van der Waals surface area contributed by atoms with Gasteiger partial charge >= 0.3 is 0 Å². The summed E-state index contributed by atoms with van der Waals surface area (Å²) in [4.78, 5) is 13.2. The molecule has 0 atom stereocenters. The Morgan fingerprint density at radius 1 is 1.11 bits per heavy atom. The minimum absolute atomic E-state index is 0.127. The van der Waals surface area contributed by atoms with Gasteiger partial charge in [0.15, 0.2) is 5.78 Å². The van der Waals surface area contributed by atoms with Crippen LogP contribution in [0.3, 0.4) is 0 Å².